The fraction of sp³-hybridized carbons (Fsp3) is 0.308. The van der Waals surface area contributed by atoms with Crippen LogP contribution in [0.1, 0.15) is 12.6 Å². The third-order valence-electron chi connectivity index (χ3n) is 2.77. The van der Waals surface area contributed by atoms with Crippen LogP contribution in [0.2, 0.25) is 0 Å². The number of hydrogen-bond donors (Lipinski definition) is 2. The molecule has 0 spiro atoms. The summed E-state index contributed by atoms with van der Waals surface area (Å²) in [5, 5.41) is 14.1. The van der Waals surface area contributed by atoms with Crippen molar-refractivity contribution >= 4 is 0 Å². The van der Waals surface area contributed by atoms with Crippen LogP contribution < -0.4 is 5.73 Å². The molecule has 3 N–H and O–H groups in total. The van der Waals surface area contributed by atoms with Crippen molar-refractivity contribution in [2.24, 2.45) is 12.8 Å². The van der Waals surface area contributed by atoms with Gasteiger partial charge in [0.15, 0.2) is 0 Å². The molecule has 1 aromatic carbocycles. The van der Waals surface area contributed by atoms with E-state index in [1.165, 1.54) is 0 Å². The highest BCUT2D eigenvalue weighted by atomic mass is 16.3. The van der Waals surface area contributed by atoms with Crippen molar-refractivity contribution in [1.82, 2.24) is 9.78 Å². The fourth-order valence-electron chi connectivity index (χ4n) is 1.94. The van der Waals surface area contributed by atoms with Crippen LogP contribution in [0.3, 0.4) is 0 Å². The number of phenolic OH excluding ortho intramolecular Hbond substituents is 1. The SMILES string of the molecule is CC(N)Cc1c(-c2ccccc2O)cnn1C. The van der Waals surface area contributed by atoms with Crippen molar-refractivity contribution in [2.45, 2.75) is 19.4 Å². The Bertz CT molecular complexity index is 517. The number of rotatable bonds is 3. The van der Waals surface area contributed by atoms with E-state index in [0.29, 0.717) is 0 Å². The summed E-state index contributed by atoms with van der Waals surface area (Å²) in [4.78, 5) is 0. The van der Waals surface area contributed by atoms with Gasteiger partial charge in [0.05, 0.1) is 6.20 Å². The summed E-state index contributed by atoms with van der Waals surface area (Å²) in [5.74, 6) is 0.270. The summed E-state index contributed by atoms with van der Waals surface area (Å²) in [6.45, 7) is 1.96. The molecule has 0 amide bonds. The van der Waals surface area contributed by atoms with Crippen LogP contribution in [-0.2, 0) is 13.5 Å². The average molecular weight is 231 g/mol. The van der Waals surface area contributed by atoms with Crippen LogP contribution in [0.5, 0.6) is 5.75 Å². The lowest BCUT2D eigenvalue weighted by molar-refractivity contribution is 0.477. The standard InChI is InChI=1S/C13H17N3O/c1-9(14)7-12-11(8-15-16(12)2)10-5-3-4-6-13(10)17/h3-6,8-9,17H,7,14H2,1-2H3. The minimum absolute atomic E-state index is 0.0648. The van der Waals surface area contributed by atoms with Crippen molar-refractivity contribution in [3.63, 3.8) is 0 Å². The minimum Gasteiger partial charge on any atom is -0.507 e. The Balaban J connectivity index is 2.49. The van der Waals surface area contributed by atoms with Crippen LogP contribution in [0.4, 0.5) is 0 Å². The average Bonchev–Trinajstić information content (AvgIpc) is 2.61. The van der Waals surface area contributed by atoms with E-state index >= 15 is 0 Å². The number of benzene rings is 1. The van der Waals surface area contributed by atoms with Crippen molar-refractivity contribution in [1.29, 1.82) is 0 Å². The monoisotopic (exact) mass is 231 g/mol. The Kier molecular flexibility index (Phi) is 3.15. The zero-order valence-electron chi connectivity index (χ0n) is 10.1. The first-order valence-electron chi connectivity index (χ1n) is 5.64. The predicted molar refractivity (Wildman–Crippen MR) is 67.7 cm³/mol. The summed E-state index contributed by atoms with van der Waals surface area (Å²) in [6, 6.07) is 7.34. The third kappa shape index (κ3) is 2.31. The van der Waals surface area contributed by atoms with Gasteiger partial charge in [0.25, 0.3) is 0 Å². The quantitative estimate of drug-likeness (QED) is 0.844. The molecule has 0 saturated carbocycles. The first-order chi connectivity index (χ1) is 8.09. The van der Waals surface area contributed by atoms with Crippen LogP contribution in [0.15, 0.2) is 30.5 Å². The van der Waals surface area contributed by atoms with Crippen molar-refractivity contribution in [3.05, 3.63) is 36.2 Å². The number of aromatic nitrogens is 2. The van der Waals surface area contributed by atoms with E-state index in [2.05, 4.69) is 5.10 Å². The number of para-hydroxylation sites is 1. The van der Waals surface area contributed by atoms with Gasteiger partial charge in [-0.25, -0.2) is 0 Å². The first kappa shape index (κ1) is 11.7. The largest absolute Gasteiger partial charge is 0.507 e. The molecule has 0 aliphatic heterocycles. The molecule has 1 unspecified atom stereocenters. The first-order valence-corrected chi connectivity index (χ1v) is 5.64. The van der Waals surface area contributed by atoms with Gasteiger partial charge in [-0.05, 0) is 13.0 Å². The summed E-state index contributed by atoms with van der Waals surface area (Å²) in [7, 11) is 1.89. The molecule has 1 aromatic heterocycles. The Morgan fingerprint density at radius 3 is 2.71 bits per heavy atom. The Morgan fingerprint density at radius 2 is 2.06 bits per heavy atom. The van der Waals surface area contributed by atoms with Crippen LogP contribution in [-0.4, -0.2) is 20.9 Å². The van der Waals surface area contributed by atoms with Gasteiger partial charge in [0.1, 0.15) is 5.75 Å². The lowest BCUT2D eigenvalue weighted by Crippen LogP contribution is -2.20. The number of phenols is 1. The third-order valence-corrected chi connectivity index (χ3v) is 2.77. The van der Waals surface area contributed by atoms with Gasteiger partial charge in [0, 0.05) is 36.3 Å². The van der Waals surface area contributed by atoms with Gasteiger partial charge in [-0.1, -0.05) is 18.2 Å². The van der Waals surface area contributed by atoms with E-state index in [4.69, 9.17) is 5.73 Å². The van der Waals surface area contributed by atoms with Crippen LogP contribution in [0.25, 0.3) is 11.1 Å². The molecule has 0 bridgehead atoms. The minimum atomic E-state index is 0.0648. The zero-order valence-corrected chi connectivity index (χ0v) is 10.1. The molecular weight excluding hydrogens is 214 g/mol. The summed E-state index contributed by atoms with van der Waals surface area (Å²) in [5.41, 5.74) is 8.63. The predicted octanol–water partition coefficient (Wildman–Crippen LogP) is 1.68. The maximum absolute atomic E-state index is 9.86. The van der Waals surface area contributed by atoms with E-state index in [-0.39, 0.29) is 11.8 Å². The second-order valence-corrected chi connectivity index (χ2v) is 4.33. The van der Waals surface area contributed by atoms with E-state index in [1.807, 2.05) is 30.8 Å². The van der Waals surface area contributed by atoms with E-state index in [9.17, 15) is 5.11 Å². The van der Waals surface area contributed by atoms with E-state index in [0.717, 1.165) is 23.2 Å². The van der Waals surface area contributed by atoms with Gasteiger partial charge >= 0.3 is 0 Å². The smallest absolute Gasteiger partial charge is 0.123 e. The second kappa shape index (κ2) is 4.59. The molecule has 0 aliphatic rings. The summed E-state index contributed by atoms with van der Waals surface area (Å²) >= 11 is 0. The normalized spacial score (nSPS) is 12.6. The maximum Gasteiger partial charge on any atom is 0.123 e. The molecule has 2 aromatic rings. The van der Waals surface area contributed by atoms with E-state index < -0.39 is 0 Å². The van der Waals surface area contributed by atoms with Crippen LogP contribution >= 0.6 is 0 Å². The molecule has 1 heterocycles. The number of aryl methyl sites for hydroxylation is 1. The van der Waals surface area contributed by atoms with Gasteiger partial charge in [0.2, 0.25) is 0 Å². The highest BCUT2D eigenvalue weighted by molar-refractivity contribution is 5.71. The topological polar surface area (TPSA) is 64.1 Å². The lowest BCUT2D eigenvalue weighted by atomic mass is 10.0. The summed E-state index contributed by atoms with van der Waals surface area (Å²) < 4.78 is 1.81. The molecule has 0 aliphatic carbocycles. The van der Waals surface area contributed by atoms with Gasteiger partial charge < -0.3 is 10.8 Å². The maximum atomic E-state index is 9.86. The zero-order chi connectivity index (χ0) is 12.4. The van der Waals surface area contributed by atoms with Crippen molar-refractivity contribution in [3.8, 4) is 16.9 Å². The molecule has 4 heteroatoms. The Hall–Kier alpha value is -1.81. The number of nitrogens with two attached hydrogens (primary N) is 1. The molecule has 17 heavy (non-hydrogen) atoms. The Labute approximate surface area is 101 Å². The molecule has 2 rings (SSSR count). The second-order valence-electron chi connectivity index (χ2n) is 4.33. The molecule has 90 valence electrons. The fourth-order valence-corrected chi connectivity index (χ4v) is 1.94. The molecule has 1 atom stereocenters. The highest BCUT2D eigenvalue weighted by Crippen LogP contribution is 2.31. The number of hydrogen-bond acceptors (Lipinski definition) is 3. The molecule has 0 fully saturated rings. The van der Waals surface area contributed by atoms with E-state index in [1.54, 1.807) is 18.3 Å². The molecule has 0 saturated heterocycles. The van der Waals surface area contributed by atoms with Gasteiger partial charge in [-0.3, -0.25) is 4.68 Å². The van der Waals surface area contributed by atoms with Crippen molar-refractivity contribution < 1.29 is 5.11 Å². The highest BCUT2D eigenvalue weighted by Gasteiger charge is 2.14. The Morgan fingerprint density at radius 1 is 1.35 bits per heavy atom. The molecular formula is C13H17N3O. The molecule has 0 radical (unpaired) electrons. The van der Waals surface area contributed by atoms with Crippen LogP contribution in [0, 0.1) is 0 Å². The molecule has 4 nitrogen and oxygen atoms in total. The lowest BCUT2D eigenvalue weighted by Gasteiger charge is -2.09. The van der Waals surface area contributed by atoms with Gasteiger partial charge in [-0.2, -0.15) is 5.10 Å². The summed E-state index contributed by atoms with van der Waals surface area (Å²) in [6.07, 6.45) is 2.51. The van der Waals surface area contributed by atoms with Gasteiger partial charge in [-0.15, -0.1) is 0 Å². The van der Waals surface area contributed by atoms with Crippen molar-refractivity contribution in [2.75, 3.05) is 0 Å². The number of nitrogens with zero attached hydrogens (tertiary/aromatic N) is 2. The number of aromatic hydroxyl groups is 1.